The molecule has 0 aliphatic carbocycles. The van der Waals surface area contributed by atoms with Crippen molar-refractivity contribution in [2.24, 2.45) is 0 Å². The lowest BCUT2D eigenvalue weighted by molar-refractivity contribution is -0.384. The summed E-state index contributed by atoms with van der Waals surface area (Å²) in [5.41, 5.74) is 0.479. The van der Waals surface area contributed by atoms with Crippen molar-refractivity contribution in [1.29, 1.82) is 0 Å². The Morgan fingerprint density at radius 3 is 2.28 bits per heavy atom. The molecule has 7 nitrogen and oxygen atoms in total. The third-order valence-corrected chi connectivity index (χ3v) is 2.25. The molecule has 0 radical (unpaired) electrons. The highest BCUT2D eigenvalue weighted by Gasteiger charge is 2.13. The van der Waals surface area contributed by atoms with E-state index in [4.69, 9.17) is 0 Å². The van der Waals surface area contributed by atoms with Crippen LogP contribution in [0, 0.1) is 10.1 Å². The van der Waals surface area contributed by atoms with Gasteiger partial charge < -0.3 is 15.2 Å². The van der Waals surface area contributed by atoms with Gasteiger partial charge in [0.2, 0.25) is 5.91 Å². The fourth-order valence-corrected chi connectivity index (χ4v) is 1.43. The van der Waals surface area contributed by atoms with Gasteiger partial charge in [-0.05, 0) is 12.0 Å². The number of hydrogen-bond donors (Lipinski definition) is 1. The highest BCUT2D eigenvalue weighted by molar-refractivity contribution is 5.81. The Balaban J connectivity index is 2.78. The van der Waals surface area contributed by atoms with E-state index in [1.807, 2.05) is 0 Å². The predicted molar refractivity (Wildman–Crippen MR) is 59.4 cm³/mol. The van der Waals surface area contributed by atoms with Crippen LogP contribution < -0.4 is 10.4 Å². The van der Waals surface area contributed by atoms with E-state index in [2.05, 4.69) is 5.32 Å². The van der Waals surface area contributed by atoms with E-state index in [0.717, 1.165) is 0 Å². The molecule has 18 heavy (non-hydrogen) atoms. The standard InChI is InChI=1S/C11H12N2O5/c1-7(14)12-10(11(15)16)6-8-2-4-9(5-3-8)13(17)18/h2-5,10H,6H2,1H3,(H,12,14)(H,15,16)/p-1/t10-/m0/s1. The first-order chi connectivity index (χ1) is 8.40. The summed E-state index contributed by atoms with van der Waals surface area (Å²) in [6.07, 6.45) is 0.0138. The van der Waals surface area contributed by atoms with E-state index in [-0.39, 0.29) is 12.1 Å². The number of benzene rings is 1. The molecule has 0 saturated heterocycles. The van der Waals surface area contributed by atoms with Crippen LogP contribution in [0.15, 0.2) is 24.3 Å². The third-order valence-electron chi connectivity index (χ3n) is 2.25. The minimum absolute atomic E-state index is 0.0138. The number of carbonyl (C=O) groups excluding carboxylic acids is 2. The van der Waals surface area contributed by atoms with E-state index in [9.17, 15) is 24.8 Å². The van der Waals surface area contributed by atoms with Crippen LogP contribution in [0.1, 0.15) is 12.5 Å². The van der Waals surface area contributed by atoms with Crippen molar-refractivity contribution in [3.05, 3.63) is 39.9 Å². The second kappa shape index (κ2) is 5.76. The maximum atomic E-state index is 10.8. The number of amides is 1. The Hall–Kier alpha value is -2.44. The Morgan fingerprint density at radius 2 is 1.89 bits per heavy atom. The van der Waals surface area contributed by atoms with Gasteiger partial charge in [0.25, 0.3) is 5.69 Å². The van der Waals surface area contributed by atoms with Crippen LogP contribution in [0.4, 0.5) is 5.69 Å². The zero-order chi connectivity index (χ0) is 13.7. The average molecular weight is 251 g/mol. The van der Waals surface area contributed by atoms with E-state index < -0.39 is 22.8 Å². The summed E-state index contributed by atoms with van der Waals surface area (Å²) in [5.74, 6) is -1.88. The number of hydrogen-bond acceptors (Lipinski definition) is 5. The lowest BCUT2D eigenvalue weighted by atomic mass is 10.1. The van der Waals surface area contributed by atoms with Crippen molar-refractivity contribution < 1.29 is 19.6 Å². The zero-order valence-corrected chi connectivity index (χ0v) is 9.58. The molecule has 1 aromatic rings. The summed E-state index contributed by atoms with van der Waals surface area (Å²) in [6, 6.07) is 4.28. The maximum absolute atomic E-state index is 10.8. The number of carboxylic acids is 1. The molecule has 1 amide bonds. The predicted octanol–water partition coefficient (Wildman–Crippen LogP) is -0.608. The van der Waals surface area contributed by atoms with Crippen LogP contribution in [-0.4, -0.2) is 22.8 Å². The normalized spacial score (nSPS) is 11.6. The molecule has 0 saturated carbocycles. The van der Waals surface area contributed by atoms with Crippen LogP contribution >= 0.6 is 0 Å². The van der Waals surface area contributed by atoms with Gasteiger partial charge in [0, 0.05) is 19.1 Å². The summed E-state index contributed by atoms with van der Waals surface area (Å²) < 4.78 is 0. The largest absolute Gasteiger partial charge is 0.548 e. The molecule has 1 N–H and O–H groups in total. The van der Waals surface area contributed by atoms with Crippen LogP contribution in [0.25, 0.3) is 0 Å². The molecule has 0 unspecified atom stereocenters. The molecule has 0 aliphatic rings. The van der Waals surface area contributed by atoms with Crippen LogP contribution in [-0.2, 0) is 16.0 Å². The molecular formula is C11H11N2O5-. The smallest absolute Gasteiger partial charge is 0.269 e. The SMILES string of the molecule is CC(=O)N[C@@H](Cc1ccc([N+](=O)[O-])cc1)C(=O)[O-]. The number of nitro benzene ring substituents is 1. The second-order valence-electron chi connectivity index (χ2n) is 3.70. The molecule has 0 aliphatic heterocycles. The molecule has 7 heteroatoms. The fourth-order valence-electron chi connectivity index (χ4n) is 1.43. The minimum Gasteiger partial charge on any atom is -0.548 e. The molecule has 0 spiro atoms. The van der Waals surface area contributed by atoms with E-state index in [1.54, 1.807) is 0 Å². The van der Waals surface area contributed by atoms with Crippen molar-refractivity contribution in [2.45, 2.75) is 19.4 Å². The Morgan fingerprint density at radius 1 is 1.33 bits per heavy atom. The molecule has 1 rings (SSSR count). The highest BCUT2D eigenvalue weighted by atomic mass is 16.6. The van der Waals surface area contributed by atoms with Gasteiger partial charge in [-0.15, -0.1) is 0 Å². The van der Waals surface area contributed by atoms with E-state index in [1.165, 1.54) is 31.2 Å². The monoisotopic (exact) mass is 251 g/mol. The topological polar surface area (TPSA) is 112 Å². The summed E-state index contributed by atoms with van der Waals surface area (Å²) in [7, 11) is 0. The van der Waals surface area contributed by atoms with E-state index >= 15 is 0 Å². The Kier molecular flexibility index (Phi) is 4.36. The average Bonchev–Trinajstić information content (AvgIpc) is 2.28. The molecule has 0 fully saturated rings. The van der Waals surface area contributed by atoms with Crippen molar-refractivity contribution in [2.75, 3.05) is 0 Å². The molecule has 0 aromatic heterocycles. The molecule has 1 atom stereocenters. The Labute approximate surface area is 103 Å². The first kappa shape index (κ1) is 13.6. The third kappa shape index (κ3) is 3.85. The summed E-state index contributed by atoms with van der Waals surface area (Å²) in [4.78, 5) is 31.5. The summed E-state index contributed by atoms with van der Waals surface area (Å²) in [6.45, 7) is 1.20. The number of nitrogens with one attached hydrogen (secondary N) is 1. The summed E-state index contributed by atoms with van der Waals surface area (Å²) >= 11 is 0. The number of nitrogens with zero attached hydrogens (tertiary/aromatic N) is 1. The number of carboxylic acid groups (broad SMARTS) is 1. The fraction of sp³-hybridized carbons (Fsp3) is 0.273. The molecule has 96 valence electrons. The van der Waals surface area contributed by atoms with Gasteiger partial charge in [0.1, 0.15) is 0 Å². The van der Waals surface area contributed by atoms with Crippen LogP contribution in [0.3, 0.4) is 0 Å². The van der Waals surface area contributed by atoms with Gasteiger partial charge in [0.05, 0.1) is 16.9 Å². The summed E-state index contributed by atoms with van der Waals surface area (Å²) in [5, 5.41) is 23.4. The van der Waals surface area contributed by atoms with Gasteiger partial charge in [-0.25, -0.2) is 0 Å². The van der Waals surface area contributed by atoms with Crippen LogP contribution in [0.2, 0.25) is 0 Å². The van der Waals surface area contributed by atoms with Crippen molar-refractivity contribution in [3.63, 3.8) is 0 Å². The quantitative estimate of drug-likeness (QED) is 0.554. The first-order valence-electron chi connectivity index (χ1n) is 5.11. The van der Waals surface area contributed by atoms with Gasteiger partial charge in [-0.2, -0.15) is 0 Å². The number of nitro groups is 1. The Bertz CT molecular complexity index is 469. The van der Waals surface area contributed by atoms with Gasteiger partial charge in [-0.3, -0.25) is 14.9 Å². The zero-order valence-electron chi connectivity index (χ0n) is 9.58. The van der Waals surface area contributed by atoms with Crippen LogP contribution in [0.5, 0.6) is 0 Å². The molecule has 1 aromatic carbocycles. The minimum atomic E-state index is -1.40. The first-order valence-corrected chi connectivity index (χ1v) is 5.11. The number of rotatable bonds is 5. The van der Waals surface area contributed by atoms with Gasteiger partial charge >= 0.3 is 0 Å². The van der Waals surface area contributed by atoms with Crippen molar-refractivity contribution in [3.8, 4) is 0 Å². The molecular weight excluding hydrogens is 240 g/mol. The highest BCUT2D eigenvalue weighted by Crippen LogP contribution is 2.13. The van der Waals surface area contributed by atoms with Gasteiger partial charge in [0.15, 0.2) is 0 Å². The maximum Gasteiger partial charge on any atom is 0.269 e. The molecule has 0 bridgehead atoms. The number of carbonyl (C=O) groups is 2. The molecule has 0 heterocycles. The van der Waals surface area contributed by atoms with Crippen molar-refractivity contribution in [1.82, 2.24) is 5.32 Å². The van der Waals surface area contributed by atoms with E-state index in [0.29, 0.717) is 5.56 Å². The number of aliphatic carboxylic acids is 1. The lowest BCUT2D eigenvalue weighted by Gasteiger charge is -2.18. The number of non-ortho nitro benzene ring substituents is 1. The second-order valence-corrected chi connectivity index (χ2v) is 3.70. The lowest BCUT2D eigenvalue weighted by Crippen LogP contribution is -2.48. The van der Waals surface area contributed by atoms with Crippen molar-refractivity contribution >= 4 is 17.6 Å². The van der Waals surface area contributed by atoms with Gasteiger partial charge in [-0.1, -0.05) is 12.1 Å².